The fraction of sp³-hybridized carbons (Fsp3) is 0.455. The molecule has 8 heteroatoms. The first-order valence-electron chi connectivity index (χ1n) is 10.1. The van der Waals surface area contributed by atoms with E-state index in [-0.39, 0.29) is 18.5 Å². The molecule has 0 aliphatic carbocycles. The minimum Gasteiger partial charge on any atom is -0.389 e. The fourth-order valence-electron chi connectivity index (χ4n) is 3.50. The molecule has 3 rings (SSSR count). The second-order valence-electron chi connectivity index (χ2n) is 7.62. The summed E-state index contributed by atoms with van der Waals surface area (Å²) < 4.78 is 32.6. The van der Waals surface area contributed by atoms with E-state index in [9.17, 15) is 13.5 Å². The molecule has 0 saturated carbocycles. The number of nitrogens with zero attached hydrogens (tertiary/aromatic N) is 2. The first-order chi connectivity index (χ1) is 14.3. The summed E-state index contributed by atoms with van der Waals surface area (Å²) in [6.45, 7) is 4.67. The monoisotopic (exact) mass is 452 g/mol. The van der Waals surface area contributed by atoms with Gasteiger partial charge in [0.2, 0.25) is 10.0 Å². The zero-order chi connectivity index (χ0) is 21.6. The Morgan fingerprint density at radius 2 is 1.67 bits per heavy atom. The van der Waals surface area contributed by atoms with Crippen LogP contribution in [0.3, 0.4) is 0 Å². The molecule has 0 aromatic heterocycles. The first kappa shape index (κ1) is 23.2. The third-order valence-corrected chi connectivity index (χ3v) is 7.37. The van der Waals surface area contributed by atoms with E-state index in [2.05, 4.69) is 4.90 Å². The molecule has 2 aromatic rings. The number of ether oxygens (including phenoxy) is 1. The predicted molar refractivity (Wildman–Crippen MR) is 119 cm³/mol. The van der Waals surface area contributed by atoms with E-state index in [1.807, 2.05) is 61.5 Å². The number of sulfonamides is 1. The Morgan fingerprint density at radius 3 is 2.30 bits per heavy atom. The summed E-state index contributed by atoms with van der Waals surface area (Å²) in [5.74, 6) is 0.0207. The van der Waals surface area contributed by atoms with Crippen LogP contribution in [-0.2, 0) is 20.5 Å². The largest absolute Gasteiger partial charge is 0.389 e. The normalized spacial score (nSPS) is 18.2. The predicted octanol–water partition coefficient (Wildman–Crippen LogP) is 2.93. The average molecular weight is 453 g/mol. The Kier molecular flexibility index (Phi) is 8.27. The van der Waals surface area contributed by atoms with Crippen molar-refractivity contribution in [3.05, 3.63) is 70.7 Å². The van der Waals surface area contributed by atoms with Crippen molar-refractivity contribution in [3.63, 3.8) is 0 Å². The Hall–Kier alpha value is -1.48. The lowest BCUT2D eigenvalue weighted by molar-refractivity contribution is -0.0186. The van der Waals surface area contributed by atoms with Gasteiger partial charge in [-0.3, -0.25) is 4.90 Å². The Bertz CT molecular complexity index is 885. The zero-order valence-corrected chi connectivity index (χ0v) is 18.7. The molecular weight excluding hydrogens is 424 g/mol. The maximum absolute atomic E-state index is 12.6. The number of hydrogen-bond donors (Lipinski definition) is 1. The van der Waals surface area contributed by atoms with E-state index in [4.69, 9.17) is 16.3 Å². The van der Waals surface area contributed by atoms with Gasteiger partial charge < -0.3 is 9.84 Å². The van der Waals surface area contributed by atoms with Crippen molar-refractivity contribution >= 4 is 21.6 Å². The molecular formula is C22H29ClN2O4S. The van der Waals surface area contributed by atoms with E-state index in [1.165, 1.54) is 0 Å². The number of piperazine rings is 1. The van der Waals surface area contributed by atoms with Gasteiger partial charge in [0, 0.05) is 37.7 Å². The molecule has 2 unspecified atom stereocenters. The van der Waals surface area contributed by atoms with Gasteiger partial charge in [0.25, 0.3) is 0 Å². The van der Waals surface area contributed by atoms with Gasteiger partial charge in [-0.2, -0.15) is 4.31 Å². The molecule has 2 aromatic carbocycles. The van der Waals surface area contributed by atoms with Crippen LogP contribution in [0.1, 0.15) is 24.2 Å². The first-order valence-corrected chi connectivity index (χ1v) is 12.1. The van der Waals surface area contributed by atoms with Crippen LogP contribution in [0.2, 0.25) is 5.02 Å². The Morgan fingerprint density at radius 1 is 1.03 bits per heavy atom. The van der Waals surface area contributed by atoms with Crippen molar-refractivity contribution in [1.82, 2.24) is 9.21 Å². The van der Waals surface area contributed by atoms with E-state index in [1.54, 1.807) is 4.31 Å². The highest BCUT2D eigenvalue weighted by molar-refractivity contribution is 7.88. The maximum atomic E-state index is 12.6. The summed E-state index contributed by atoms with van der Waals surface area (Å²) in [4.78, 5) is 2.08. The molecule has 1 aliphatic heterocycles. The van der Waals surface area contributed by atoms with Crippen molar-refractivity contribution in [2.75, 3.05) is 39.3 Å². The standard InChI is InChI=1S/C22H29ClN2O4S/c1-18(20-7-9-21(23)10-8-20)29-16-22(26)15-24-11-13-25(14-12-24)30(27,28)17-19-5-3-2-4-6-19/h2-10,18,22,26H,11-17H2,1H3. The molecule has 1 N–H and O–H groups in total. The number of β-amino-alcohol motifs (C(OH)–C–C–N with tert-alkyl or cyclic N) is 1. The van der Waals surface area contributed by atoms with Crippen LogP contribution in [0.5, 0.6) is 0 Å². The van der Waals surface area contributed by atoms with Gasteiger partial charge in [-0.25, -0.2) is 8.42 Å². The molecule has 0 bridgehead atoms. The van der Waals surface area contributed by atoms with Crippen LogP contribution in [0, 0.1) is 0 Å². The lowest BCUT2D eigenvalue weighted by Crippen LogP contribution is -2.51. The fourth-order valence-corrected chi connectivity index (χ4v) is 5.14. The Balaban J connectivity index is 1.41. The molecule has 1 fully saturated rings. The Labute approximate surface area is 184 Å². The SMILES string of the molecule is CC(OCC(O)CN1CCN(S(=O)(=O)Cc2ccccc2)CC1)c1ccc(Cl)cc1. The highest BCUT2D eigenvalue weighted by atomic mass is 35.5. The van der Waals surface area contributed by atoms with Crippen LogP contribution in [-0.4, -0.2) is 68.2 Å². The van der Waals surface area contributed by atoms with Gasteiger partial charge in [0.1, 0.15) is 0 Å². The molecule has 0 amide bonds. The summed E-state index contributed by atoms with van der Waals surface area (Å²) >= 11 is 5.90. The summed E-state index contributed by atoms with van der Waals surface area (Å²) in [5.41, 5.74) is 1.80. The molecule has 164 valence electrons. The van der Waals surface area contributed by atoms with Crippen LogP contribution in [0.15, 0.2) is 54.6 Å². The van der Waals surface area contributed by atoms with Crippen LogP contribution in [0.25, 0.3) is 0 Å². The van der Waals surface area contributed by atoms with Crippen LogP contribution in [0.4, 0.5) is 0 Å². The highest BCUT2D eigenvalue weighted by Crippen LogP contribution is 2.19. The minimum atomic E-state index is -3.33. The van der Waals surface area contributed by atoms with Gasteiger partial charge in [-0.15, -0.1) is 0 Å². The van der Waals surface area contributed by atoms with E-state index < -0.39 is 16.1 Å². The molecule has 1 heterocycles. The quantitative estimate of drug-likeness (QED) is 0.633. The molecule has 0 spiro atoms. The van der Waals surface area contributed by atoms with Gasteiger partial charge in [-0.1, -0.05) is 54.1 Å². The zero-order valence-electron chi connectivity index (χ0n) is 17.2. The molecule has 2 atom stereocenters. The summed E-state index contributed by atoms with van der Waals surface area (Å²) in [5, 5.41) is 11.0. The van der Waals surface area contributed by atoms with Crippen molar-refractivity contribution in [2.45, 2.75) is 24.9 Å². The summed E-state index contributed by atoms with van der Waals surface area (Å²) in [7, 11) is -3.33. The number of hydrogen-bond acceptors (Lipinski definition) is 5. The molecule has 30 heavy (non-hydrogen) atoms. The van der Waals surface area contributed by atoms with E-state index >= 15 is 0 Å². The molecule has 0 radical (unpaired) electrons. The highest BCUT2D eigenvalue weighted by Gasteiger charge is 2.27. The lowest BCUT2D eigenvalue weighted by Gasteiger charge is -2.35. The number of halogens is 1. The van der Waals surface area contributed by atoms with Gasteiger partial charge in [0.15, 0.2) is 0 Å². The van der Waals surface area contributed by atoms with Crippen molar-refractivity contribution in [3.8, 4) is 0 Å². The number of aliphatic hydroxyl groups is 1. The average Bonchev–Trinajstić information content (AvgIpc) is 2.73. The third kappa shape index (κ3) is 6.77. The molecule has 6 nitrogen and oxygen atoms in total. The smallest absolute Gasteiger partial charge is 0.218 e. The van der Waals surface area contributed by atoms with Crippen molar-refractivity contribution < 1.29 is 18.3 Å². The molecule has 1 saturated heterocycles. The van der Waals surface area contributed by atoms with E-state index in [0.29, 0.717) is 37.7 Å². The second-order valence-corrected chi connectivity index (χ2v) is 10.0. The number of aliphatic hydroxyl groups excluding tert-OH is 1. The van der Waals surface area contributed by atoms with Crippen molar-refractivity contribution in [2.24, 2.45) is 0 Å². The lowest BCUT2D eigenvalue weighted by atomic mass is 10.1. The molecule has 1 aliphatic rings. The summed E-state index contributed by atoms with van der Waals surface area (Å²) in [6, 6.07) is 16.7. The van der Waals surface area contributed by atoms with Gasteiger partial charge in [0.05, 0.1) is 24.6 Å². The third-order valence-electron chi connectivity index (χ3n) is 5.26. The minimum absolute atomic E-state index is 0.0207. The number of rotatable bonds is 9. The second kappa shape index (κ2) is 10.7. The van der Waals surface area contributed by atoms with Gasteiger partial charge >= 0.3 is 0 Å². The maximum Gasteiger partial charge on any atom is 0.218 e. The summed E-state index contributed by atoms with van der Waals surface area (Å²) in [6.07, 6.45) is -0.774. The van der Waals surface area contributed by atoms with Crippen molar-refractivity contribution in [1.29, 1.82) is 0 Å². The van der Waals surface area contributed by atoms with Crippen LogP contribution >= 0.6 is 11.6 Å². The number of benzene rings is 2. The topological polar surface area (TPSA) is 70.1 Å². The van der Waals surface area contributed by atoms with Crippen LogP contribution < -0.4 is 0 Å². The van der Waals surface area contributed by atoms with Gasteiger partial charge in [-0.05, 0) is 30.2 Å². The van der Waals surface area contributed by atoms with E-state index in [0.717, 1.165) is 11.1 Å².